The van der Waals surface area contributed by atoms with Crippen molar-refractivity contribution in [2.75, 3.05) is 13.6 Å². The van der Waals surface area contributed by atoms with Gasteiger partial charge in [-0.15, -0.1) is 0 Å². The maximum Gasteiger partial charge on any atom is 0.208 e. The molecule has 2 atom stereocenters. The Hall–Kier alpha value is -0.870. The highest BCUT2D eigenvalue weighted by Crippen LogP contribution is 2.29. The number of hydrogen-bond acceptors (Lipinski definition) is 4. The highest BCUT2D eigenvalue weighted by atomic mass is 16.4. The molecule has 1 aromatic rings. The van der Waals surface area contributed by atoms with Gasteiger partial charge in [-0.3, -0.25) is 4.90 Å². The van der Waals surface area contributed by atoms with Crippen molar-refractivity contribution >= 4 is 0 Å². The molecule has 1 aliphatic carbocycles. The molecule has 17 heavy (non-hydrogen) atoms. The van der Waals surface area contributed by atoms with Gasteiger partial charge in [0.25, 0.3) is 0 Å². The number of nitrogens with zero attached hydrogens (tertiary/aromatic N) is 2. The predicted octanol–water partition coefficient (Wildman–Crippen LogP) is 1.85. The second-order valence-corrected chi connectivity index (χ2v) is 5.16. The van der Waals surface area contributed by atoms with E-state index in [2.05, 4.69) is 16.9 Å². The number of rotatable bonds is 4. The van der Waals surface area contributed by atoms with Crippen LogP contribution in [-0.4, -0.2) is 29.5 Å². The Kier molecular flexibility index (Phi) is 3.84. The van der Waals surface area contributed by atoms with Crippen LogP contribution in [-0.2, 0) is 6.54 Å². The molecule has 2 N–H and O–H groups in total. The van der Waals surface area contributed by atoms with Gasteiger partial charge in [0.2, 0.25) is 5.89 Å². The molecule has 0 aromatic carbocycles. The van der Waals surface area contributed by atoms with Gasteiger partial charge in [0, 0.05) is 6.04 Å². The molecule has 0 radical (unpaired) electrons. The molecule has 4 nitrogen and oxygen atoms in total. The molecular formula is C13H23N3O. The van der Waals surface area contributed by atoms with Crippen LogP contribution >= 0.6 is 0 Å². The lowest BCUT2D eigenvalue weighted by Crippen LogP contribution is -2.37. The Labute approximate surface area is 103 Å². The standard InChI is InChI=1S/C13H23N3O/c1-9-10(2)17-13(15-9)8-16(3)12-6-4-5-11(12)7-14/h11-12H,4-8,14H2,1-3H3. The van der Waals surface area contributed by atoms with Crippen molar-refractivity contribution in [1.29, 1.82) is 0 Å². The van der Waals surface area contributed by atoms with Crippen LogP contribution < -0.4 is 5.73 Å². The number of oxazole rings is 1. The average Bonchev–Trinajstić information content (AvgIpc) is 2.86. The summed E-state index contributed by atoms with van der Waals surface area (Å²) in [4.78, 5) is 6.78. The minimum absolute atomic E-state index is 0.590. The maximum absolute atomic E-state index is 5.82. The van der Waals surface area contributed by atoms with Gasteiger partial charge in [0.15, 0.2) is 0 Å². The van der Waals surface area contributed by atoms with E-state index in [1.54, 1.807) is 0 Å². The van der Waals surface area contributed by atoms with Crippen LogP contribution in [0.5, 0.6) is 0 Å². The van der Waals surface area contributed by atoms with E-state index in [0.717, 1.165) is 30.4 Å². The average molecular weight is 237 g/mol. The van der Waals surface area contributed by atoms with Crippen LogP contribution in [0, 0.1) is 19.8 Å². The fourth-order valence-electron chi connectivity index (χ4n) is 2.81. The van der Waals surface area contributed by atoms with Gasteiger partial charge in [-0.05, 0) is 46.2 Å². The Morgan fingerprint density at radius 2 is 2.18 bits per heavy atom. The molecule has 4 heteroatoms. The van der Waals surface area contributed by atoms with Gasteiger partial charge >= 0.3 is 0 Å². The first-order valence-electron chi connectivity index (χ1n) is 6.45. The SMILES string of the molecule is Cc1nc(CN(C)C2CCCC2CN)oc1C. The largest absolute Gasteiger partial charge is 0.444 e. The van der Waals surface area contributed by atoms with Crippen LogP contribution in [0.4, 0.5) is 0 Å². The molecule has 0 amide bonds. The van der Waals surface area contributed by atoms with Crippen LogP contribution in [0.15, 0.2) is 4.42 Å². The molecule has 2 rings (SSSR count). The third kappa shape index (κ3) is 2.69. The zero-order valence-electron chi connectivity index (χ0n) is 11.1. The second kappa shape index (κ2) is 5.19. The molecule has 1 heterocycles. The molecule has 1 fully saturated rings. The van der Waals surface area contributed by atoms with Gasteiger partial charge in [-0.1, -0.05) is 6.42 Å². The van der Waals surface area contributed by atoms with E-state index < -0.39 is 0 Å². The van der Waals surface area contributed by atoms with E-state index in [1.807, 2.05) is 13.8 Å². The highest BCUT2D eigenvalue weighted by Gasteiger charge is 2.29. The van der Waals surface area contributed by atoms with Crippen molar-refractivity contribution in [3.05, 3.63) is 17.3 Å². The quantitative estimate of drug-likeness (QED) is 0.868. The van der Waals surface area contributed by atoms with Gasteiger partial charge in [0.1, 0.15) is 5.76 Å². The van der Waals surface area contributed by atoms with Gasteiger partial charge in [0.05, 0.1) is 12.2 Å². The van der Waals surface area contributed by atoms with Crippen LogP contribution in [0.3, 0.4) is 0 Å². The summed E-state index contributed by atoms with van der Waals surface area (Å²) in [5.74, 6) is 2.39. The molecule has 0 spiro atoms. The molecule has 2 unspecified atom stereocenters. The first kappa shape index (κ1) is 12.6. The molecule has 0 bridgehead atoms. The lowest BCUT2D eigenvalue weighted by molar-refractivity contribution is 0.176. The summed E-state index contributed by atoms with van der Waals surface area (Å²) in [6.45, 7) is 5.53. The van der Waals surface area contributed by atoms with Crippen molar-refractivity contribution in [1.82, 2.24) is 9.88 Å². The van der Waals surface area contributed by atoms with Crippen LogP contribution in [0.1, 0.15) is 36.6 Å². The molecule has 1 aromatic heterocycles. The summed E-state index contributed by atoms with van der Waals surface area (Å²) in [5.41, 5.74) is 6.81. The molecule has 1 saturated carbocycles. The van der Waals surface area contributed by atoms with Crippen LogP contribution in [0.25, 0.3) is 0 Å². The van der Waals surface area contributed by atoms with E-state index in [4.69, 9.17) is 10.2 Å². The normalized spacial score (nSPS) is 24.8. The zero-order chi connectivity index (χ0) is 12.4. The fourth-order valence-corrected chi connectivity index (χ4v) is 2.81. The van der Waals surface area contributed by atoms with Gasteiger partial charge < -0.3 is 10.2 Å². The number of aromatic nitrogens is 1. The Morgan fingerprint density at radius 3 is 2.76 bits per heavy atom. The minimum atomic E-state index is 0.590. The second-order valence-electron chi connectivity index (χ2n) is 5.16. The fraction of sp³-hybridized carbons (Fsp3) is 0.769. The summed E-state index contributed by atoms with van der Waals surface area (Å²) in [5, 5.41) is 0. The number of aryl methyl sites for hydroxylation is 2. The molecule has 0 aliphatic heterocycles. The summed E-state index contributed by atoms with van der Waals surface area (Å²) in [7, 11) is 2.15. The molecular weight excluding hydrogens is 214 g/mol. The van der Waals surface area contributed by atoms with Crippen molar-refractivity contribution in [3.63, 3.8) is 0 Å². The third-order valence-electron chi connectivity index (χ3n) is 3.95. The monoisotopic (exact) mass is 237 g/mol. The third-order valence-corrected chi connectivity index (χ3v) is 3.95. The maximum atomic E-state index is 5.82. The first-order chi connectivity index (χ1) is 8.11. The van der Waals surface area contributed by atoms with Crippen molar-refractivity contribution in [2.24, 2.45) is 11.7 Å². The van der Waals surface area contributed by atoms with Gasteiger partial charge in [-0.2, -0.15) is 0 Å². The lowest BCUT2D eigenvalue weighted by atomic mass is 10.0. The molecule has 0 saturated heterocycles. The number of nitrogens with two attached hydrogens (primary N) is 1. The molecule has 96 valence electrons. The topological polar surface area (TPSA) is 55.3 Å². The van der Waals surface area contributed by atoms with E-state index in [9.17, 15) is 0 Å². The summed E-state index contributed by atoms with van der Waals surface area (Å²) < 4.78 is 5.63. The molecule has 1 aliphatic rings. The van der Waals surface area contributed by atoms with E-state index in [0.29, 0.717) is 12.0 Å². The Balaban J connectivity index is 1.98. The number of hydrogen-bond donors (Lipinski definition) is 1. The smallest absolute Gasteiger partial charge is 0.208 e. The summed E-state index contributed by atoms with van der Waals surface area (Å²) >= 11 is 0. The Morgan fingerprint density at radius 1 is 1.41 bits per heavy atom. The van der Waals surface area contributed by atoms with E-state index in [1.165, 1.54) is 19.3 Å². The van der Waals surface area contributed by atoms with Crippen LogP contribution in [0.2, 0.25) is 0 Å². The summed E-state index contributed by atoms with van der Waals surface area (Å²) in [6.07, 6.45) is 3.80. The van der Waals surface area contributed by atoms with Crippen molar-refractivity contribution in [3.8, 4) is 0 Å². The zero-order valence-corrected chi connectivity index (χ0v) is 11.1. The first-order valence-corrected chi connectivity index (χ1v) is 6.45. The van der Waals surface area contributed by atoms with E-state index >= 15 is 0 Å². The summed E-state index contributed by atoms with van der Waals surface area (Å²) in [6, 6.07) is 0.590. The highest BCUT2D eigenvalue weighted by molar-refractivity contribution is 5.05. The van der Waals surface area contributed by atoms with Crippen molar-refractivity contribution < 1.29 is 4.42 Å². The lowest BCUT2D eigenvalue weighted by Gasteiger charge is -2.27. The van der Waals surface area contributed by atoms with E-state index in [-0.39, 0.29) is 0 Å². The van der Waals surface area contributed by atoms with Gasteiger partial charge in [-0.25, -0.2) is 4.98 Å². The predicted molar refractivity (Wildman–Crippen MR) is 67.6 cm³/mol. The van der Waals surface area contributed by atoms with Crippen molar-refractivity contribution in [2.45, 2.75) is 45.7 Å². The minimum Gasteiger partial charge on any atom is -0.444 e. The Bertz CT molecular complexity index is 355.